The molecule has 8 unspecified atom stereocenters. The van der Waals surface area contributed by atoms with Crippen LogP contribution in [-0.4, -0.2) is 99.6 Å². The molecule has 1 amide bonds. The van der Waals surface area contributed by atoms with Gasteiger partial charge in [0.1, 0.15) is 24.4 Å². The molecule has 1 heterocycles. The van der Waals surface area contributed by atoms with Crippen LogP contribution in [0, 0.1) is 0 Å². The summed E-state index contributed by atoms with van der Waals surface area (Å²) in [7, 11) is 0. The Balaban J connectivity index is 2.63. The molecule has 1 aliphatic heterocycles. The lowest BCUT2D eigenvalue weighted by molar-refractivity contribution is -0.305. The van der Waals surface area contributed by atoms with Crippen LogP contribution in [0.1, 0.15) is 271 Å². The van der Waals surface area contributed by atoms with Crippen molar-refractivity contribution in [2.24, 2.45) is 0 Å². The van der Waals surface area contributed by atoms with Gasteiger partial charge in [0, 0.05) is 6.42 Å². The fourth-order valence-corrected chi connectivity index (χ4v) is 10.2. The highest BCUT2D eigenvalue weighted by atomic mass is 16.7. The summed E-state index contributed by atoms with van der Waals surface area (Å²) in [6, 6.07) is -1.05. The van der Waals surface area contributed by atoms with E-state index in [1.165, 1.54) is 51.4 Å². The molecule has 0 bridgehead atoms. The molecule has 1 saturated heterocycles. The van der Waals surface area contributed by atoms with Crippen LogP contribution >= 0.6 is 0 Å². The first-order chi connectivity index (χ1) is 43.7. The van der Waals surface area contributed by atoms with Gasteiger partial charge in [0.05, 0.1) is 25.4 Å². The second-order valence-corrected chi connectivity index (χ2v) is 23.9. The summed E-state index contributed by atoms with van der Waals surface area (Å²) < 4.78 is 17.7. The smallest absolute Gasteiger partial charge is 0.306 e. The van der Waals surface area contributed by atoms with Crippen LogP contribution < -0.4 is 5.32 Å². The van der Waals surface area contributed by atoms with Crippen LogP contribution in [0.25, 0.3) is 0 Å². The van der Waals surface area contributed by atoms with Crippen molar-refractivity contribution in [3.8, 4) is 0 Å². The zero-order valence-corrected chi connectivity index (χ0v) is 56.2. The largest absolute Gasteiger partial charge is 0.454 e. The van der Waals surface area contributed by atoms with Crippen molar-refractivity contribution in [3.63, 3.8) is 0 Å². The van der Waals surface area contributed by atoms with Gasteiger partial charge in [-0.3, -0.25) is 9.59 Å². The van der Waals surface area contributed by atoms with E-state index in [2.05, 4.69) is 160 Å². The number of esters is 1. The Morgan fingerprint density at radius 2 is 0.809 bits per heavy atom. The first-order valence-electron chi connectivity index (χ1n) is 35.6. The molecule has 11 heteroatoms. The first-order valence-corrected chi connectivity index (χ1v) is 35.6. The summed E-state index contributed by atoms with van der Waals surface area (Å²) in [4.78, 5) is 26.7. The highest BCUT2D eigenvalue weighted by Gasteiger charge is 2.47. The molecule has 0 aromatic heterocycles. The molecule has 1 aliphatic rings. The van der Waals surface area contributed by atoms with E-state index in [-0.39, 0.29) is 19.4 Å². The molecule has 506 valence electrons. The SMILES string of the molecule is CC/C=C\C/C=C\C/C=C\C/C=C\C/C=C\C/C=C\CCCCCCCCC(=O)OC1C(OCC(NC(=O)C(O)CCCCCCCC/C=C\C/C=C\C/C=C\C/C=C\C/C=C\CC)C(O)/C=C/CCCCCCCCCCCCC)OC(CO)C(O)C1O. The summed E-state index contributed by atoms with van der Waals surface area (Å²) in [5.41, 5.74) is 0. The standard InChI is InChI=1S/C78H129NO10/c1-4-7-10-13-16-19-22-25-27-29-31-33-35-36-37-39-41-43-45-48-51-54-57-60-63-66-73(83)89-76-75(85)74(84)72(67-80)88-78(76)87-68-69(70(81)64-61-58-55-52-49-46-24-21-18-15-12-9-6-3)79-77(86)71(82)65-62-59-56-53-50-47-44-42-40-38-34-32-30-28-26-23-20-17-14-11-8-5-2/h7-8,10-11,16-17,19-20,25-28,31-34,36-37,40-43,61,64,69-72,74-76,78,80-82,84-85H,4-6,9,12-15,18,21-24,29-30,35,38-39,44-60,62-63,65-68H2,1-3H3,(H,79,86)/b10-7-,11-8-,19-16-,20-17-,27-25-,28-26-,33-31-,34-32-,37-36-,42-40-,43-41-,64-61+. The Labute approximate surface area is 543 Å². The van der Waals surface area contributed by atoms with E-state index >= 15 is 0 Å². The number of hydrogen-bond acceptors (Lipinski definition) is 10. The number of rotatable bonds is 59. The second kappa shape index (κ2) is 63.7. The quantitative estimate of drug-likeness (QED) is 0.0195. The van der Waals surface area contributed by atoms with E-state index in [1.807, 2.05) is 6.08 Å². The monoisotopic (exact) mass is 1240 g/mol. The molecule has 8 atom stereocenters. The van der Waals surface area contributed by atoms with Gasteiger partial charge < -0.3 is 45.1 Å². The van der Waals surface area contributed by atoms with Crippen molar-refractivity contribution in [3.05, 3.63) is 146 Å². The third kappa shape index (κ3) is 50.8. The number of hydrogen-bond donors (Lipinski definition) is 6. The zero-order valence-electron chi connectivity index (χ0n) is 56.2. The Hall–Kier alpha value is -4.46. The lowest BCUT2D eigenvalue weighted by atomic mass is 9.99. The van der Waals surface area contributed by atoms with Crippen molar-refractivity contribution < 1.29 is 49.3 Å². The van der Waals surface area contributed by atoms with Crippen LogP contribution in [0.5, 0.6) is 0 Å². The van der Waals surface area contributed by atoms with E-state index in [4.69, 9.17) is 14.2 Å². The molecular formula is C78H129NO10. The highest BCUT2D eigenvalue weighted by molar-refractivity contribution is 5.80. The van der Waals surface area contributed by atoms with E-state index in [9.17, 15) is 35.1 Å². The topological polar surface area (TPSA) is 175 Å². The van der Waals surface area contributed by atoms with Gasteiger partial charge in [0.2, 0.25) is 5.91 Å². The summed E-state index contributed by atoms with van der Waals surface area (Å²) >= 11 is 0. The van der Waals surface area contributed by atoms with E-state index < -0.39 is 67.4 Å². The fourth-order valence-electron chi connectivity index (χ4n) is 10.2. The molecule has 0 spiro atoms. The van der Waals surface area contributed by atoms with Gasteiger partial charge >= 0.3 is 5.97 Å². The van der Waals surface area contributed by atoms with Crippen LogP contribution in [-0.2, 0) is 23.8 Å². The number of nitrogens with one attached hydrogen (secondary N) is 1. The van der Waals surface area contributed by atoms with Gasteiger partial charge in [0.15, 0.2) is 12.4 Å². The van der Waals surface area contributed by atoms with Crippen molar-refractivity contribution in [2.75, 3.05) is 13.2 Å². The van der Waals surface area contributed by atoms with Gasteiger partial charge in [-0.25, -0.2) is 0 Å². The number of aliphatic hydroxyl groups excluding tert-OH is 5. The molecule has 0 aliphatic carbocycles. The Morgan fingerprint density at radius 1 is 0.449 bits per heavy atom. The van der Waals surface area contributed by atoms with Crippen molar-refractivity contribution >= 4 is 11.9 Å². The van der Waals surface area contributed by atoms with Gasteiger partial charge in [-0.15, -0.1) is 0 Å². The predicted molar refractivity (Wildman–Crippen MR) is 374 cm³/mol. The maximum Gasteiger partial charge on any atom is 0.306 e. The minimum atomic E-state index is -1.63. The highest BCUT2D eigenvalue weighted by Crippen LogP contribution is 2.26. The van der Waals surface area contributed by atoms with Crippen LogP contribution in [0.15, 0.2) is 146 Å². The fraction of sp³-hybridized carbons (Fsp3) is 0.667. The Morgan fingerprint density at radius 3 is 1.21 bits per heavy atom. The molecular weight excluding hydrogens is 1110 g/mol. The number of unbranched alkanes of at least 4 members (excludes halogenated alkanes) is 23. The molecule has 0 radical (unpaired) electrons. The third-order valence-corrected chi connectivity index (χ3v) is 15.7. The summed E-state index contributed by atoms with van der Waals surface area (Å²) in [5.74, 6) is -1.23. The molecule has 1 fully saturated rings. The van der Waals surface area contributed by atoms with Gasteiger partial charge in [0.25, 0.3) is 0 Å². The maximum atomic E-state index is 13.5. The number of aliphatic hydroxyl groups is 5. The lowest BCUT2D eigenvalue weighted by Gasteiger charge is -2.41. The predicted octanol–water partition coefficient (Wildman–Crippen LogP) is 18.5. The summed E-state index contributed by atoms with van der Waals surface area (Å²) in [5, 5.41) is 57.3. The maximum absolute atomic E-state index is 13.5. The molecule has 0 aromatic carbocycles. The molecule has 89 heavy (non-hydrogen) atoms. The molecule has 6 N–H and O–H groups in total. The van der Waals surface area contributed by atoms with Crippen molar-refractivity contribution in [1.29, 1.82) is 0 Å². The zero-order chi connectivity index (χ0) is 64.6. The molecule has 11 nitrogen and oxygen atoms in total. The van der Waals surface area contributed by atoms with E-state index in [0.29, 0.717) is 12.8 Å². The van der Waals surface area contributed by atoms with Crippen LogP contribution in [0.3, 0.4) is 0 Å². The number of amides is 1. The third-order valence-electron chi connectivity index (χ3n) is 15.7. The number of carbonyl (C=O) groups excluding carboxylic acids is 2. The van der Waals surface area contributed by atoms with E-state index in [0.717, 1.165) is 173 Å². The van der Waals surface area contributed by atoms with Gasteiger partial charge in [-0.2, -0.15) is 0 Å². The van der Waals surface area contributed by atoms with Crippen LogP contribution in [0.2, 0.25) is 0 Å². The average molecular weight is 1240 g/mol. The first kappa shape index (κ1) is 82.6. The molecule has 0 saturated carbocycles. The number of carbonyl (C=O) groups is 2. The van der Waals surface area contributed by atoms with Gasteiger partial charge in [-0.05, 0) is 122 Å². The summed E-state index contributed by atoms with van der Waals surface area (Å²) in [6.45, 7) is 5.56. The molecule has 0 aromatic rings. The van der Waals surface area contributed by atoms with Crippen molar-refractivity contribution in [2.45, 2.75) is 320 Å². The second-order valence-electron chi connectivity index (χ2n) is 23.9. The Kier molecular flexibility index (Phi) is 59.1. The number of allylic oxidation sites excluding steroid dienone is 23. The molecule has 1 rings (SSSR count). The van der Waals surface area contributed by atoms with Crippen molar-refractivity contribution in [1.82, 2.24) is 5.32 Å². The lowest BCUT2D eigenvalue weighted by Crippen LogP contribution is -2.61. The minimum Gasteiger partial charge on any atom is -0.454 e. The van der Waals surface area contributed by atoms with Crippen LogP contribution in [0.4, 0.5) is 0 Å². The van der Waals surface area contributed by atoms with Gasteiger partial charge in [-0.1, -0.05) is 289 Å². The summed E-state index contributed by atoms with van der Waals surface area (Å²) in [6.07, 6.45) is 81.5. The average Bonchev–Trinajstić information content (AvgIpc) is 1.80. The normalized spacial score (nSPS) is 19.0. The number of ether oxygens (including phenoxy) is 3. The minimum absolute atomic E-state index is 0.0962. The van der Waals surface area contributed by atoms with E-state index in [1.54, 1.807) is 6.08 Å². The Bertz CT molecular complexity index is 2010.